The molecule has 1 fully saturated rings. The lowest BCUT2D eigenvalue weighted by atomic mass is 10.1. The highest BCUT2D eigenvalue weighted by Gasteiger charge is 2.37. The molecule has 1 unspecified atom stereocenters. The minimum atomic E-state index is -4.69. The van der Waals surface area contributed by atoms with Gasteiger partial charge in [-0.25, -0.2) is 0 Å². The molecule has 1 aliphatic rings. The molecule has 1 aromatic heterocycles. The van der Waals surface area contributed by atoms with E-state index in [1.807, 2.05) is 0 Å². The third kappa shape index (κ3) is 3.73. The molecule has 25 heavy (non-hydrogen) atoms. The summed E-state index contributed by atoms with van der Waals surface area (Å²) in [6, 6.07) is 6.58. The highest BCUT2D eigenvalue weighted by atomic mass is 35.5. The van der Waals surface area contributed by atoms with Crippen LogP contribution in [0.15, 0.2) is 24.3 Å². The van der Waals surface area contributed by atoms with Gasteiger partial charge in [-0.1, -0.05) is 17.7 Å². The maximum Gasteiger partial charge on any atom is 0.451 e. The molecule has 1 aromatic carbocycles. The number of hydrogen-bond acceptors (Lipinski definition) is 4. The minimum Gasteiger partial charge on any atom is -0.312 e. The third-order valence-electron chi connectivity index (χ3n) is 3.60. The van der Waals surface area contributed by atoms with Gasteiger partial charge in [-0.15, -0.1) is 5.10 Å². The Labute approximate surface area is 144 Å². The summed E-state index contributed by atoms with van der Waals surface area (Å²) in [5.74, 6) is -3.46. The Morgan fingerprint density at radius 1 is 1.40 bits per heavy atom. The zero-order valence-corrected chi connectivity index (χ0v) is 13.2. The van der Waals surface area contributed by atoms with Crippen LogP contribution in [0.5, 0.6) is 0 Å². The molecule has 1 saturated heterocycles. The molecule has 2 N–H and O–H groups in total. The summed E-state index contributed by atoms with van der Waals surface area (Å²) in [4.78, 5) is 28.8. The van der Waals surface area contributed by atoms with E-state index in [1.165, 1.54) is 4.90 Å². The molecule has 2 amide bonds. The third-order valence-corrected chi connectivity index (χ3v) is 3.84. The molecule has 0 aliphatic carbocycles. The van der Waals surface area contributed by atoms with Crippen LogP contribution in [-0.4, -0.2) is 33.5 Å². The first kappa shape index (κ1) is 17.2. The minimum absolute atomic E-state index is 0.0745. The molecule has 2 aromatic rings. The maximum absolute atomic E-state index is 12.5. The lowest BCUT2D eigenvalue weighted by molar-refractivity contribution is -0.144. The molecule has 0 spiro atoms. The Bertz CT molecular complexity index is 823. The van der Waals surface area contributed by atoms with Crippen LogP contribution < -0.4 is 10.2 Å². The fraction of sp³-hybridized carbons (Fsp3) is 0.286. The smallest absolute Gasteiger partial charge is 0.312 e. The SMILES string of the molecule is O=C(Nc1n[nH]c(C(F)(F)F)n1)C1CC(=O)N(c2cccc(Cl)c2)C1. The summed E-state index contributed by atoms with van der Waals surface area (Å²) >= 11 is 5.89. The summed E-state index contributed by atoms with van der Waals surface area (Å²) in [6.07, 6.45) is -4.77. The van der Waals surface area contributed by atoms with Gasteiger partial charge in [0.05, 0.1) is 5.92 Å². The molecule has 2 heterocycles. The number of amides is 2. The highest BCUT2D eigenvalue weighted by Crippen LogP contribution is 2.28. The van der Waals surface area contributed by atoms with E-state index in [0.29, 0.717) is 10.7 Å². The Kier molecular flexibility index (Phi) is 4.38. The van der Waals surface area contributed by atoms with E-state index in [1.54, 1.807) is 29.4 Å². The Balaban J connectivity index is 1.68. The Morgan fingerprint density at radius 3 is 2.80 bits per heavy atom. The normalized spacial score (nSPS) is 17.8. The molecular formula is C14H11ClF3N5O2. The van der Waals surface area contributed by atoms with E-state index in [2.05, 4.69) is 15.4 Å². The molecule has 0 bridgehead atoms. The van der Waals surface area contributed by atoms with Crippen LogP contribution in [0.25, 0.3) is 0 Å². The van der Waals surface area contributed by atoms with E-state index in [0.717, 1.165) is 0 Å². The molecule has 3 rings (SSSR count). The van der Waals surface area contributed by atoms with Crippen molar-refractivity contribution in [2.75, 3.05) is 16.8 Å². The zero-order valence-electron chi connectivity index (χ0n) is 12.5. The van der Waals surface area contributed by atoms with Gasteiger partial charge in [0.25, 0.3) is 0 Å². The molecule has 0 saturated carbocycles. The molecule has 7 nitrogen and oxygen atoms in total. The number of aromatic nitrogens is 3. The largest absolute Gasteiger partial charge is 0.451 e. The number of H-pyrrole nitrogens is 1. The van der Waals surface area contributed by atoms with Crippen molar-refractivity contribution in [1.29, 1.82) is 0 Å². The van der Waals surface area contributed by atoms with Crippen LogP contribution in [0.2, 0.25) is 5.02 Å². The zero-order chi connectivity index (χ0) is 18.2. The number of rotatable bonds is 3. The van der Waals surface area contributed by atoms with E-state index in [4.69, 9.17) is 11.6 Å². The lowest BCUT2D eigenvalue weighted by Crippen LogP contribution is -2.28. The molecule has 1 atom stereocenters. The number of aromatic amines is 1. The first-order chi connectivity index (χ1) is 11.7. The summed E-state index contributed by atoms with van der Waals surface area (Å²) < 4.78 is 37.4. The van der Waals surface area contributed by atoms with Gasteiger partial charge in [0.2, 0.25) is 23.6 Å². The molecule has 0 radical (unpaired) electrons. The van der Waals surface area contributed by atoms with Crippen molar-refractivity contribution in [1.82, 2.24) is 15.2 Å². The van der Waals surface area contributed by atoms with E-state index < -0.39 is 29.8 Å². The Hall–Kier alpha value is -2.62. The highest BCUT2D eigenvalue weighted by molar-refractivity contribution is 6.31. The number of hydrogen-bond donors (Lipinski definition) is 2. The number of alkyl halides is 3. The summed E-state index contributed by atoms with van der Waals surface area (Å²) in [7, 11) is 0. The second-order valence-electron chi connectivity index (χ2n) is 5.38. The van der Waals surface area contributed by atoms with E-state index in [-0.39, 0.29) is 18.9 Å². The van der Waals surface area contributed by atoms with Crippen LogP contribution in [0, 0.1) is 5.92 Å². The van der Waals surface area contributed by atoms with Gasteiger partial charge in [-0.3, -0.25) is 20.0 Å². The van der Waals surface area contributed by atoms with Crippen LogP contribution in [0.4, 0.5) is 24.8 Å². The molecule has 11 heteroatoms. The lowest BCUT2D eigenvalue weighted by Gasteiger charge is -2.16. The average Bonchev–Trinajstić information content (AvgIpc) is 3.13. The number of nitrogens with zero attached hydrogens (tertiary/aromatic N) is 3. The van der Waals surface area contributed by atoms with Crippen molar-refractivity contribution in [3.8, 4) is 0 Å². The van der Waals surface area contributed by atoms with E-state index >= 15 is 0 Å². The van der Waals surface area contributed by atoms with Crippen molar-refractivity contribution >= 4 is 35.1 Å². The second-order valence-corrected chi connectivity index (χ2v) is 5.82. The monoisotopic (exact) mass is 373 g/mol. The van der Waals surface area contributed by atoms with Crippen LogP contribution in [0.1, 0.15) is 12.2 Å². The molecular weight excluding hydrogens is 363 g/mol. The van der Waals surface area contributed by atoms with Gasteiger partial charge >= 0.3 is 6.18 Å². The van der Waals surface area contributed by atoms with Gasteiger partial charge < -0.3 is 4.90 Å². The predicted molar refractivity (Wildman–Crippen MR) is 81.9 cm³/mol. The number of benzene rings is 1. The summed E-state index contributed by atoms with van der Waals surface area (Å²) in [5, 5.41) is 7.62. The van der Waals surface area contributed by atoms with Crippen LogP contribution >= 0.6 is 11.6 Å². The fourth-order valence-corrected chi connectivity index (χ4v) is 2.62. The van der Waals surface area contributed by atoms with Crippen molar-refractivity contribution in [3.05, 3.63) is 35.1 Å². The van der Waals surface area contributed by atoms with Gasteiger partial charge in [-0.2, -0.15) is 18.2 Å². The average molecular weight is 374 g/mol. The number of nitrogens with one attached hydrogen (secondary N) is 2. The number of halogens is 4. The number of carbonyl (C=O) groups excluding carboxylic acids is 2. The maximum atomic E-state index is 12.5. The first-order valence-electron chi connectivity index (χ1n) is 7.10. The topological polar surface area (TPSA) is 91.0 Å². The second kappa shape index (κ2) is 6.36. The number of carbonyl (C=O) groups is 2. The number of anilines is 2. The molecule has 132 valence electrons. The fourth-order valence-electron chi connectivity index (χ4n) is 2.43. The van der Waals surface area contributed by atoms with Crippen molar-refractivity contribution in [2.24, 2.45) is 5.92 Å². The van der Waals surface area contributed by atoms with Crippen molar-refractivity contribution < 1.29 is 22.8 Å². The predicted octanol–water partition coefficient (Wildman–Crippen LogP) is 2.47. The van der Waals surface area contributed by atoms with Crippen molar-refractivity contribution in [3.63, 3.8) is 0 Å². The van der Waals surface area contributed by atoms with Gasteiger partial charge in [0.15, 0.2) is 0 Å². The molecule has 1 aliphatic heterocycles. The first-order valence-corrected chi connectivity index (χ1v) is 7.48. The van der Waals surface area contributed by atoms with Crippen LogP contribution in [0.3, 0.4) is 0 Å². The van der Waals surface area contributed by atoms with Gasteiger partial charge in [0.1, 0.15) is 0 Å². The van der Waals surface area contributed by atoms with Crippen molar-refractivity contribution in [2.45, 2.75) is 12.6 Å². The van der Waals surface area contributed by atoms with Crippen LogP contribution in [-0.2, 0) is 15.8 Å². The van der Waals surface area contributed by atoms with Gasteiger partial charge in [-0.05, 0) is 18.2 Å². The summed E-state index contributed by atoms with van der Waals surface area (Å²) in [6.45, 7) is 0.0849. The van der Waals surface area contributed by atoms with Gasteiger partial charge in [0, 0.05) is 23.7 Å². The van der Waals surface area contributed by atoms with E-state index in [9.17, 15) is 22.8 Å². The Morgan fingerprint density at radius 2 is 2.16 bits per heavy atom. The standard InChI is InChI=1S/C14H11ClF3N5O2/c15-8-2-1-3-9(5-8)23-6-7(4-10(23)24)11(25)19-13-20-12(21-22-13)14(16,17)18/h1-3,5,7H,4,6H2,(H2,19,20,21,22,25). The quantitative estimate of drug-likeness (QED) is 0.864. The summed E-state index contributed by atoms with van der Waals surface area (Å²) in [5.41, 5.74) is 0.546.